The molecule has 2 N–H and O–H groups in total. The molecule has 216 valence electrons. The second kappa shape index (κ2) is 12.7. The first-order chi connectivity index (χ1) is 20.5. The van der Waals surface area contributed by atoms with Gasteiger partial charge < -0.3 is 19.9 Å². The third-order valence-corrected chi connectivity index (χ3v) is 8.77. The first-order valence-corrected chi connectivity index (χ1v) is 15.3. The molecule has 2 aromatic heterocycles. The number of piperidine rings is 1. The van der Waals surface area contributed by atoms with Crippen LogP contribution in [-0.4, -0.2) is 52.6 Å². The molecular formula is C34H35Cl2N5O. The SMILES string of the molecule is COc1ccc2cc(-c3nc(-c4c(Cl)cccc4Cl)[nH]c3-c3ccnc(NCCCN4CCCCC4C)c3)ccc2c1. The smallest absolute Gasteiger partial charge is 0.141 e. The molecule has 1 unspecified atom stereocenters. The minimum atomic E-state index is 0.542. The van der Waals surface area contributed by atoms with Gasteiger partial charge in [-0.1, -0.05) is 53.9 Å². The van der Waals surface area contributed by atoms with Gasteiger partial charge in [-0.3, -0.25) is 0 Å². The van der Waals surface area contributed by atoms with Crippen molar-refractivity contribution in [3.05, 3.63) is 83.0 Å². The normalized spacial score (nSPS) is 15.7. The van der Waals surface area contributed by atoms with Crippen LogP contribution in [0, 0.1) is 0 Å². The number of likely N-dealkylation sites (tertiary alicyclic amines) is 1. The summed E-state index contributed by atoms with van der Waals surface area (Å²) in [5.41, 5.74) is 4.33. The Kier molecular flexibility index (Phi) is 8.66. The van der Waals surface area contributed by atoms with Crippen LogP contribution in [0.1, 0.15) is 32.6 Å². The number of fused-ring (bicyclic) bond motifs is 1. The summed E-state index contributed by atoms with van der Waals surface area (Å²) in [7, 11) is 1.68. The van der Waals surface area contributed by atoms with Crippen molar-refractivity contribution in [2.24, 2.45) is 0 Å². The van der Waals surface area contributed by atoms with E-state index in [2.05, 4.69) is 57.4 Å². The molecule has 8 heteroatoms. The lowest BCUT2D eigenvalue weighted by molar-refractivity contribution is 0.160. The van der Waals surface area contributed by atoms with Crippen molar-refractivity contribution in [2.75, 3.05) is 32.1 Å². The maximum atomic E-state index is 6.61. The van der Waals surface area contributed by atoms with Crippen molar-refractivity contribution in [1.82, 2.24) is 19.9 Å². The van der Waals surface area contributed by atoms with Gasteiger partial charge in [-0.15, -0.1) is 0 Å². The van der Waals surface area contributed by atoms with Crippen molar-refractivity contribution in [1.29, 1.82) is 0 Å². The molecule has 1 saturated heterocycles. The summed E-state index contributed by atoms with van der Waals surface area (Å²) in [6.07, 6.45) is 6.87. The van der Waals surface area contributed by atoms with Gasteiger partial charge in [0.2, 0.25) is 0 Å². The van der Waals surface area contributed by atoms with Crippen molar-refractivity contribution in [2.45, 2.75) is 38.6 Å². The van der Waals surface area contributed by atoms with E-state index in [0.717, 1.165) is 64.4 Å². The first-order valence-electron chi connectivity index (χ1n) is 14.6. The second-order valence-corrected chi connectivity index (χ2v) is 11.7. The highest BCUT2D eigenvalue weighted by atomic mass is 35.5. The van der Waals surface area contributed by atoms with Gasteiger partial charge in [-0.05, 0) is 86.0 Å². The maximum absolute atomic E-state index is 6.61. The number of rotatable bonds is 9. The van der Waals surface area contributed by atoms with E-state index in [-0.39, 0.29) is 0 Å². The number of aromatic amines is 1. The van der Waals surface area contributed by atoms with Gasteiger partial charge in [-0.25, -0.2) is 9.97 Å². The number of H-pyrrole nitrogens is 1. The number of anilines is 1. The van der Waals surface area contributed by atoms with E-state index in [1.807, 2.05) is 42.6 Å². The van der Waals surface area contributed by atoms with Crippen LogP contribution in [0.5, 0.6) is 5.75 Å². The van der Waals surface area contributed by atoms with Crippen LogP contribution < -0.4 is 10.1 Å². The summed E-state index contributed by atoms with van der Waals surface area (Å²) in [6.45, 7) is 5.52. The third-order valence-electron chi connectivity index (χ3n) is 8.14. The van der Waals surface area contributed by atoms with Crippen LogP contribution in [0.3, 0.4) is 0 Å². The molecule has 1 atom stereocenters. The van der Waals surface area contributed by atoms with Gasteiger partial charge in [0.1, 0.15) is 17.4 Å². The van der Waals surface area contributed by atoms with Crippen LogP contribution in [-0.2, 0) is 0 Å². The quantitative estimate of drug-likeness (QED) is 0.165. The molecule has 0 radical (unpaired) electrons. The highest BCUT2D eigenvalue weighted by Crippen LogP contribution is 2.39. The first kappa shape index (κ1) is 28.5. The van der Waals surface area contributed by atoms with Gasteiger partial charge in [0.25, 0.3) is 0 Å². The average Bonchev–Trinajstić information content (AvgIpc) is 3.45. The van der Waals surface area contributed by atoms with Crippen LogP contribution >= 0.6 is 23.2 Å². The van der Waals surface area contributed by atoms with Crippen LogP contribution in [0.15, 0.2) is 72.9 Å². The monoisotopic (exact) mass is 599 g/mol. The van der Waals surface area contributed by atoms with Gasteiger partial charge in [-0.2, -0.15) is 0 Å². The summed E-state index contributed by atoms with van der Waals surface area (Å²) < 4.78 is 5.41. The van der Waals surface area contributed by atoms with Crippen LogP contribution in [0.2, 0.25) is 10.0 Å². The van der Waals surface area contributed by atoms with E-state index in [0.29, 0.717) is 27.5 Å². The molecule has 1 fully saturated rings. The summed E-state index contributed by atoms with van der Waals surface area (Å²) in [6, 6.07) is 22.6. The summed E-state index contributed by atoms with van der Waals surface area (Å²) >= 11 is 13.2. The Morgan fingerprint density at radius 3 is 2.60 bits per heavy atom. The fourth-order valence-electron chi connectivity index (χ4n) is 5.80. The predicted molar refractivity (Wildman–Crippen MR) is 175 cm³/mol. The Labute approximate surface area is 257 Å². The Morgan fingerprint density at radius 1 is 0.976 bits per heavy atom. The molecule has 0 amide bonds. The van der Waals surface area contributed by atoms with Gasteiger partial charge in [0.05, 0.1) is 34.1 Å². The van der Waals surface area contributed by atoms with E-state index in [1.54, 1.807) is 7.11 Å². The molecule has 0 saturated carbocycles. The molecule has 6 nitrogen and oxygen atoms in total. The average molecular weight is 601 g/mol. The van der Waals surface area contributed by atoms with E-state index >= 15 is 0 Å². The van der Waals surface area contributed by atoms with E-state index < -0.39 is 0 Å². The number of pyridine rings is 1. The molecule has 3 aromatic carbocycles. The number of aromatic nitrogens is 3. The lowest BCUT2D eigenvalue weighted by Gasteiger charge is -2.33. The molecule has 6 rings (SSSR count). The van der Waals surface area contributed by atoms with Crippen molar-refractivity contribution in [3.63, 3.8) is 0 Å². The number of nitrogens with zero attached hydrogens (tertiary/aromatic N) is 3. The molecule has 0 bridgehead atoms. The number of hydrogen-bond donors (Lipinski definition) is 2. The Hall–Kier alpha value is -3.58. The molecule has 3 heterocycles. The summed E-state index contributed by atoms with van der Waals surface area (Å²) in [5, 5.41) is 6.81. The number of ether oxygens (including phenoxy) is 1. The zero-order valence-electron chi connectivity index (χ0n) is 24.0. The lowest BCUT2D eigenvalue weighted by Crippen LogP contribution is -2.38. The molecule has 0 spiro atoms. The third kappa shape index (κ3) is 6.12. The summed E-state index contributed by atoms with van der Waals surface area (Å²) in [4.78, 5) is 15.8. The van der Waals surface area contributed by atoms with Crippen molar-refractivity contribution in [3.8, 4) is 39.7 Å². The molecular weight excluding hydrogens is 565 g/mol. The highest BCUT2D eigenvalue weighted by molar-refractivity contribution is 6.39. The number of methoxy groups -OCH3 is 1. The van der Waals surface area contributed by atoms with Crippen molar-refractivity contribution >= 4 is 39.8 Å². The van der Waals surface area contributed by atoms with Crippen LogP contribution in [0.25, 0.3) is 44.7 Å². The number of halogens is 2. The zero-order valence-corrected chi connectivity index (χ0v) is 25.5. The van der Waals surface area contributed by atoms with Crippen LogP contribution in [0.4, 0.5) is 5.82 Å². The lowest BCUT2D eigenvalue weighted by atomic mass is 10.0. The number of hydrogen-bond acceptors (Lipinski definition) is 5. The number of imidazole rings is 1. The minimum Gasteiger partial charge on any atom is -0.497 e. The minimum absolute atomic E-state index is 0.542. The van der Waals surface area contributed by atoms with Gasteiger partial charge in [0.15, 0.2) is 0 Å². The van der Waals surface area contributed by atoms with E-state index in [9.17, 15) is 0 Å². The Bertz CT molecular complexity index is 1680. The standard InChI is InChI=1S/C34H35Cl2N5O/c1-22-7-3-4-17-41(22)18-6-15-37-30-21-26(14-16-38-30)33-32(39-34(40-33)31-28(35)8-5-9-29(31)36)25-11-10-24-20-27(42-2)13-12-23(24)19-25/h5,8-14,16,19-22H,3-4,6-7,15,17-18H2,1-2H3,(H,37,38)(H,39,40). The molecule has 1 aliphatic heterocycles. The molecule has 0 aliphatic carbocycles. The van der Waals surface area contributed by atoms with E-state index in [4.69, 9.17) is 32.9 Å². The fourth-order valence-corrected chi connectivity index (χ4v) is 6.38. The molecule has 5 aromatic rings. The predicted octanol–water partition coefficient (Wildman–Crippen LogP) is 8.95. The largest absolute Gasteiger partial charge is 0.497 e. The van der Waals surface area contributed by atoms with Crippen molar-refractivity contribution < 1.29 is 4.74 Å². The summed E-state index contributed by atoms with van der Waals surface area (Å²) in [5.74, 6) is 2.28. The molecule has 42 heavy (non-hydrogen) atoms. The topological polar surface area (TPSA) is 66.1 Å². The Balaban J connectivity index is 1.32. The van der Waals surface area contributed by atoms with E-state index in [1.165, 1.54) is 25.8 Å². The number of nitrogens with one attached hydrogen (secondary N) is 2. The number of benzene rings is 3. The van der Waals surface area contributed by atoms with Gasteiger partial charge >= 0.3 is 0 Å². The van der Waals surface area contributed by atoms with Gasteiger partial charge in [0, 0.05) is 36.5 Å². The fraction of sp³-hybridized carbons (Fsp3) is 0.294. The highest BCUT2D eigenvalue weighted by Gasteiger charge is 2.20. The second-order valence-electron chi connectivity index (χ2n) is 10.9. The molecule has 1 aliphatic rings. The Morgan fingerprint density at radius 2 is 1.79 bits per heavy atom. The maximum Gasteiger partial charge on any atom is 0.141 e. The zero-order chi connectivity index (χ0) is 29.1.